The molecule has 0 radical (unpaired) electrons. The third-order valence-corrected chi connectivity index (χ3v) is 5.70. The standard InChI is InChI=1S/C5H11.C4H9.Sn/c1-3-5-4-2;1-3-4-2;/h1,3-5H2,2H3;1,3-4H2,2H3;/q;;+2. The van der Waals surface area contributed by atoms with E-state index in [4.69, 9.17) is 0 Å². The Hall–Kier alpha value is 0.799. The number of hydrogen-bond donors (Lipinski definition) is 0. The van der Waals surface area contributed by atoms with Gasteiger partial charge in [0.25, 0.3) is 0 Å². The van der Waals surface area contributed by atoms with Crippen molar-refractivity contribution in [3.8, 4) is 0 Å². The Bertz CT molecular complexity index is 44.7. The van der Waals surface area contributed by atoms with Crippen LogP contribution < -0.4 is 0 Å². The van der Waals surface area contributed by atoms with E-state index in [-0.39, 0.29) is 21.1 Å². The maximum atomic E-state index is 2.30. The second-order valence-electron chi connectivity index (χ2n) is 2.81. The fourth-order valence-corrected chi connectivity index (χ4v) is 4.79. The van der Waals surface area contributed by atoms with Crippen LogP contribution in [0.2, 0.25) is 8.87 Å². The summed E-state index contributed by atoms with van der Waals surface area (Å²) < 4.78 is 3.26. The Balaban J connectivity index is 2.65. The molecular weight excluding hydrogens is 227 g/mol. The van der Waals surface area contributed by atoms with E-state index in [2.05, 4.69) is 13.8 Å². The molecule has 0 rings (SSSR count). The van der Waals surface area contributed by atoms with E-state index in [0.717, 1.165) is 0 Å². The molecule has 0 aliphatic carbocycles. The summed E-state index contributed by atoms with van der Waals surface area (Å²) in [5.74, 6) is 0. The first-order chi connectivity index (χ1) is 4.91. The van der Waals surface area contributed by atoms with Crippen molar-refractivity contribution in [1.29, 1.82) is 0 Å². The molecule has 0 spiro atoms. The van der Waals surface area contributed by atoms with Crippen molar-refractivity contribution in [2.24, 2.45) is 0 Å². The Morgan fingerprint density at radius 3 is 2.00 bits per heavy atom. The molecule has 58 valence electrons. The molecule has 0 bridgehead atoms. The van der Waals surface area contributed by atoms with Gasteiger partial charge in [-0.05, 0) is 0 Å². The Labute approximate surface area is 76.0 Å². The predicted molar refractivity (Wildman–Crippen MR) is 49.8 cm³/mol. The zero-order chi connectivity index (χ0) is 7.66. The summed E-state index contributed by atoms with van der Waals surface area (Å²) in [7, 11) is 0. The zero-order valence-corrected chi connectivity index (χ0v) is 10.3. The van der Waals surface area contributed by atoms with E-state index < -0.39 is 0 Å². The summed E-state index contributed by atoms with van der Waals surface area (Å²) in [6.07, 6.45) is 7.33. The first-order valence-electron chi connectivity index (χ1n) is 4.62. The molecule has 0 atom stereocenters. The van der Waals surface area contributed by atoms with Crippen molar-refractivity contribution in [3.05, 3.63) is 0 Å². The molecular formula is C9H20Sn+2. The van der Waals surface area contributed by atoms with Gasteiger partial charge >= 0.3 is 76.0 Å². The van der Waals surface area contributed by atoms with Crippen LogP contribution in [0.4, 0.5) is 0 Å². The summed E-state index contributed by atoms with van der Waals surface area (Å²) in [5, 5.41) is 0. The summed E-state index contributed by atoms with van der Waals surface area (Å²) in [6, 6.07) is 0. The SMILES string of the molecule is CCCC[CH2][Sn+2][CH2]CCC. The second-order valence-corrected chi connectivity index (χ2v) is 7.09. The van der Waals surface area contributed by atoms with Crippen LogP contribution in [-0.4, -0.2) is 21.1 Å². The predicted octanol–water partition coefficient (Wildman–Crippen LogP) is 3.52. The van der Waals surface area contributed by atoms with E-state index in [9.17, 15) is 0 Å². The van der Waals surface area contributed by atoms with Crippen LogP contribution in [0.1, 0.15) is 46.0 Å². The second kappa shape index (κ2) is 9.80. The average Bonchev–Trinajstić information content (AvgIpc) is 1.97. The van der Waals surface area contributed by atoms with Crippen molar-refractivity contribution >= 4 is 21.1 Å². The third kappa shape index (κ3) is 8.80. The molecule has 0 fully saturated rings. The van der Waals surface area contributed by atoms with Crippen molar-refractivity contribution in [3.63, 3.8) is 0 Å². The van der Waals surface area contributed by atoms with Gasteiger partial charge in [-0.2, -0.15) is 0 Å². The monoisotopic (exact) mass is 248 g/mol. The van der Waals surface area contributed by atoms with Crippen molar-refractivity contribution in [2.75, 3.05) is 0 Å². The number of hydrogen-bond acceptors (Lipinski definition) is 0. The van der Waals surface area contributed by atoms with Crippen LogP contribution >= 0.6 is 0 Å². The van der Waals surface area contributed by atoms with Gasteiger partial charge in [0.15, 0.2) is 0 Å². The minimum absolute atomic E-state index is 0.137. The topological polar surface area (TPSA) is 0 Å². The summed E-state index contributed by atoms with van der Waals surface area (Å²) in [5.41, 5.74) is 0. The molecule has 0 aliphatic rings. The molecule has 0 aliphatic heterocycles. The van der Waals surface area contributed by atoms with Crippen LogP contribution in [0.25, 0.3) is 0 Å². The molecule has 0 unspecified atom stereocenters. The third-order valence-electron chi connectivity index (χ3n) is 1.66. The molecule has 0 amide bonds. The zero-order valence-electron chi connectivity index (χ0n) is 7.45. The fourth-order valence-electron chi connectivity index (χ4n) is 0.927. The van der Waals surface area contributed by atoms with Crippen LogP contribution in [0.5, 0.6) is 0 Å². The molecule has 1 heteroatoms. The van der Waals surface area contributed by atoms with Gasteiger partial charge in [-0.1, -0.05) is 0 Å². The minimum atomic E-state index is 0.137. The average molecular weight is 247 g/mol. The van der Waals surface area contributed by atoms with Crippen LogP contribution in [0.3, 0.4) is 0 Å². The van der Waals surface area contributed by atoms with E-state index >= 15 is 0 Å². The van der Waals surface area contributed by atoms with Gasteiger partial charge in [0, 0.05) is 0 Å². The molecule has 0 aromatic carbocycles. The molecule has 0 aromatic rings. The van der Waals surface area contributed by atoms with Crippen molar-refractivity contribution in [2.45, 2.75) is 54.8 Å². The molecule has 0 nitrogen and oxygen atoms in total. The molecule has 0 N–H and O–H groups in total. The first-order valence-corrected chi connectivity index (χ1v) is 8.66. The van der Waals surface area contributed by atoms with Gasteiger partial charge < -0.3 is 0 Å². The fraction of sp³-hybridized carbons (Fsp3) is 1.00. The van der Waals surface area contributed by atoms with Crippen molar-refractivity contribution < 1.29 is 0 Å². The quantitative estimate of drug-likeness (QED) is 0.477. The Morgan fingerprint density at radius 1 is 0.800 bits per heavy atom. The van der Waals surface area contributed by atoms with Gasteiger partial charge in [-0.15, -0.1) is 0 Å². The summed E-state index contributed by atoms with van der Waals surface area (Å²) >= 11 is 0.137. The van der Waals surface area contributed by atoms with Gasteiger partial charge in [-0.25, -0.2) is 0 Å². The first kappa shape index (κ1) is 10.8. The Kier molecular flexibility index (Phi) is 10.6. The summed E-state index contributed by atoms with van der Waals surface area (Å²) in [6.45, 7) is 4.59. The van der Waals surface area contributed by atoms with Crippen LogP contribution in [0, 0.1) is 0 Å². The van der Waals surface area contributed by atoms with E-state index in [1.165, 1.54) is 32.1 Å². The van der Waals surface area contributed by atoms with Gasteiger partial charge in [0.1, 0.15) is 0 Å². The van der Waals surface area contributed by atoms with Gasteiger partial charge in [0.2, 0.25) is 0 Å². The normalized spacial score (nSPS) is 9.40. The number of unbranched alkanes of at least 4 members (excludes halogenated alkanes) is 3. The van der Waals surface area contributed by atoms with Gasteiger partial charge in [-0.3, -0.25) is 0 Å². The Morgan fingerprint density at radius 2 is 1.40 bits per heavy atom. The molecule has 10 heavy (non-hydrogen) atoms. The number of rotatable bonds is 7. The molecule has 0 heterocycles. The maximum absolute atomic E-state index is 2.30. The summed E-state index contributed by atoms with van der Waals surface area (Å²) in [4.78, 5) is 0. The van der Waals surface area contributed by atoms with Crippen LogP contribution in [-0.2, 0) is 0 Å². The molecule has 0 aromatic heterocycles. The van der Waals surface area contributed by atoms with E-state index in [0.29, 0.717) is 0 Å². The van der Waals surface area contributed by atoms with Crippen LogP contribution in [0.15, 0.2) is 0 Å². The van der Waals surface area contributed by atoms with Gasteiger partial charge in [0.05, 0.1) is 0 Å². The molecule has 0 saturated heterocycles. The molecule has 0 saturated carbocycles. The van der Waals surface area contributed by atoms with E-state index in [1.807, 2.05) is 0 Å². The van der Waals surface area contributed by atoms with Crippen molar-refractivity contribution in [1.82, 2.24) is 0 Å². The van der Waals surface area contributed by atoms with E-state index in [1.54, 1.807) is 8.87 Å².